The number of benzene rings is 2. The van der Waals surface area contributed by atoms with Crippen LogP contribution in [-0.2, 0) is 0 Å². The molecule has 2 aromatic heterocycles. The number of nitrogens with zero attached hydrogens (tertiary/aromatic N) is 2. The van der Waals surface area contributed by atoms with Crippen molar-refractivity contribution in [3.8, 4) is 22.8 Å². The molecule has 0 N–H and O–H groups in total. The molecule has 23 heavy (non-hydrogen) atoms. The predicted octanol–water partition coefficient (Wildman–Crippen LogP) is 4.16. The number of aromatic nitrogens is 2. The Morgan fingerprint density at radius 3 is 2.65 bits per heavy atom. The van der Waals surface area contributed by atoms with E-state index >= 15 is 0 Å². The van der Waals surface area contributed by atoms with E-state index < -0.39 is 5.63 Å². The monoisotopic (exact) mass is 324 g/mol. The number of halogens is 1. The molecule has 2 heterocycles. The van der Waals surface area contributed by atoms with E-state index in [4.69, 9.17) is 20.5 Å². The van der Waals surface area contributed by atoms with Gasteiger partial charge in [0.05, 0.1) is 0 Å². The second kappa shape index (κ2) is 5.37. The summed E-state index contributed by atoms with van der Waals surface area (Å²) < 4.78 is 10.5. The molecule has 0 unspecified atom stereocenters. The highest BCUT2D eigenvalue weighted by molar-refractivity contribution is 6.31. The molecule has 2 aromatic carbocycles. The first-order valence-electron chi connectivity index (χ1n) is 6.83. The van der Waals surface area contributed by atoms with Gasteiger partial charge in [0.2, 0.25) is 5.82 Å². The average molecular weight is 325 g/mol. The van der Waals surface area contributed by atoms with Gasteiger partial charge >= 0.3 is 5.63 Å². The van der Waals surface area contributed by atoms with Gasteiger partial charge in [0, 0.05) is 16.0 Å². The summed E-state index contributed by atoms with van der Waals surface area (Å²) in [5.41, 5.74) is 0.916. The summed E-state index contributed by atoms with van der Waals surface area (Å²) in [6, 6.07) is 16.0. The van der Waals surface area contributed by atoms with E-state index in [0.29, 0.717) is 21.8 Å². The Balaban J connectivity index is 1.85. The summed E-state index contributed by atoms with van der Waals surface area (Å²) in [5.74, 6) is 0.519. The standard InChI is InChI=1S/C17H9ClN2O3/c18-12-6-7-14-11(8-12)9-13(17(21)22-14)16-19-15(20-23-16)10-4-2-1-3-5-10/h1-9H. The van der Waals surface area contributed by atoms with Gasteiger partial charge in [-0.1, -0.05) is 47.1 Å². The van der Waals surface area contributed by atoms with Gasteiger partial charge in [0.1, 0.15) is 11.1 Å². The minimum absolute atomic E-state index is 0.111. The molecule has 4 rings (SSSR count). The summed E-state index contributed by atoms with van der Waals surface area (Å²) in [5, 5.41) is 5.14. The summed E-state index contributed by atoms with van der Waals surface area (Å²) >= 11 is 5.97. The van der Waals surface area contributed by atoms with Crippen LogP contribution in [-0.4, -0.2) is 10.1 Å². The molecule has 0 saturated heterocycles. The lowest BCUT2D eigenvalue weighted by Crippen LogP contribution is -2.02. The van der Waals surface area contributed by atoms with Crippen LogP contribution in [0, 0.1) is 0 Å². The zero-order valence-corrected chi connectivity index (χ0v) is 12.4. The minimum Gasteiger partial charge on any atom is -0.422 e. The van der Waals surface area contributed by atoms with Crippen LogP contribution in [0.4, 0.5) is 0 Å². The Morgan fingerprint density at radius 1 is 1.00 bits per heavy atom. The molecule has 5 nitrogen and oxygen atoms in total. The maximum absolute atomic E-state index is 12.1. The molecule has 0 saturated carbocycles. The Kier molecular flexibility index (Phi) is 3.20. The van der Waals surface area contributed by atoms with Gasteiger partial charge in [-0.25, -0.2) is 4.79 Å². The Morgan fingerprint density at radius 2 is 1.83 bits per heavy atom. The Hall–Kier alpha value is -2.92. The van der Waals surface area contributed by atoms with Crippen molar-refractivity contribution in [2.24, 2.45) is 0 Å². The lowest BCUT2D eigenvalue weighted by molar-refractivity contribution is 0.429. The van der Waals surface area contributed by atoms with Gasteiger partial charge in [-0.3, -0.25) is 0 Å². The van der Waals surface area contributed by atoms with Crippen LogP contribution in [0.2, 0.25) is 5.02 Å². The first-order valence-corrected chi connectivity index (χ1v) is 7.21. The molecular formula is C17H9ClN2O3. The fraction of sp³-hybridized carbons (Fsp3) is 0. The van der Waals surface area contributed by atoms with E-state index in [1.807, 2.05) is 30.3 Å². The number of hydrogen-bond acceptors (Lipinski definition) is 5. The Bertz CT molecular complexity index is 1050. The molecule has 6 heteroatoms. The van der Waals surface area contributed by atoms with Crippen molar-refractivity contribution < 1.29 is 8.94 Å². The van der Waals surface area contributed by atoms with E-state index in [1.54, 1.807) is 24.3 Å². The largest absolute Gasteiger partial charge is 0.422 e. The Labute approximate surface area is 135 Å². The zero-order valence-electron chi connectivity index (χ0n) is 11.7. The van der Waals surface area contributed by atoms with E-state index in [9.17, 15) is 4.79 Å². The van der Waals surface area contributed by atoms with Gasteiger partial charge in [0.15, 0.2) is 0 Å². The lowest BCUT2D eigenvalue weighted by Gasteiger charge is -1.99. The van der Waals surface area contributed by atoms with Crippen LogP contribution in [0.3, 0.4) is 0 Å². The van der Waals surface area contributed by atoms with Crippen molar-refractivity contribution >= 4 is 22.6 Å². The second-order valence-electron chi connectivity index (χ2n) is 4.92. The predicted molar refractivity (Wildman–Crippen MR) is 86.2 cm³/mol. The van der Waals surface area contributed by atoms with Crippen LogP contribution in [0.25, 0.3) is 33.8 Å². The fourth-order valence-corrected chi connectivity index (χ4v) is 2.46. The van der Waals surface area contributed by atoms with Crippen LogP contribution >= 0.6 is 11.6 Å². The van der Waals surface area contributed by atoms with Crippen molar-refractivity contribution in [1.82, 2.24) is 10.1 Å². The molecule has 0 amide bonds. The molecule has 0 radical (unpaired) electrons. The van der Waals surface area contributed by atoms with Crippen LogP contribution in [0.1, 0.15) is 0 Å². The normalized spacial score (nSPS) is 11.0. The quantitative estimate of drug-likeness (QED) is 0.518. The van der Waals surface area contributed by atoms with E-state index in [0.717, 1.165) is 5.56 Å². The zero-order chi connectivity index (χ0) is 15.8. The molecule has 112 valence electrons. The third-order valence-electron chi connectivity index (χ3n) is 3.38. The highest BCUT2D eigenvalue weighted by Crippen LogP contribution is 2.24. The van der Waals surface area contributed by atoms with Crippen molar-refractivity contribution in [3.63, 3.8) is 0 Å². The maximum atomic E-state index is 12.1. The highest BCUT2D eigenvalue weighted by Gasteiger charge is 2.16. The summed E-state index contributed by atoms with van der Waals surface area (Å²) in [6.07, 6.45) is 0. The fourth-order valence-electron chi connectivity index (χ4n) is 2.28. The minimum atomic E-state index is -0.539. The molecule has 0 aliphatic heterocycles. The van der Waals surface area contributed by atoms with Crippen molar-refractivity contribution in [1.29, 1.82) is 0 Å². The van der Waals surface area contributed by atoms with Crippen LogP contribution in [0.5, 0.6) is 0 Å². The molecule has 4 aromatic rings. The van der Waals surface area contributed by atoms with E-state index in [2.05, 4.69) is 10.1 Å². The van der Waals surface area contributed by atoms with Gasteiger partial charge < -0.3 is 8.94 Å². The van der Waals surface area contributed by atoms with Gasteiger partial charge in [0.25, 0.3) is 5.89 Å². The van der Waals surface area contributed by atoms with Crippen molar-refractivity contribution in [2.45, 2.75) is 0 Å². The van der Waals surface area contributed by atoms with Crippen LogP contribution in [0.15, 0.2) is 68.3 Å². The summed E-state index contributed by atoms with van der Waals surface area (Å²) in [4.78, 5) is 16.4. The van der Waals surface area contributed by atoms with E-state index in [-0.39, 0.29) is 11.5 Å². The number of fused-ring (bicyclic) bond motifs is 1. The van der Waals surface area contributed by atoms with Gasteiger partial charge in [-0.05, 0) is 24.3 Å². The molecule has 0 fully saturated rings. The van der Waals surface area contributed by atoms with Crippen molar-refractivity contribution in [3.05, 3.63) is 70.0 Å². The molecule has 0 bridgehead atoms. The van der Waals surface area contributed by atoms with E-state index in [1.165, 1.54) is 0 Å². The highest BCUT2D eigenvalue weighted by atomic mass is 35.5. The molecular weight excluding hydrogens is 316 g/mol. The third kappa shape index (κ3) is 2.51. The number of hydrogen-bond donors (Lipinski definition) is 0. The lowest BCUT2D eigenvalue weighted by atomic mass is 10.2. The maximum Gasteiger partial charge on any atom is 0.349 e. The molecule has 0 spiro atoms. The third-order valence-corrected chi connectivity index (χ3v) is 3.62. The molecule has 0 aliphatic rings. The van der Waals surface area contributed by atoms with Crippen molar-refractivity contribution in [2.75, 3.05) is 0 Å². The molecule has 0 aliphatic carbocycles. The topological polar surface area (TPSA) is 69.1 Å². The van der Waals surface area contributed by atoms with Gasteiger partial charge in [-0.2, -0.15) is 4.98 Å². The van der Waals surface area contributed by atoms with Crippen LogP contribution < -0.4 is 5.63 Å². The number of rotatable bonds is 2. The smallest absolute Gasteiger partial charge is 0.349 e. The first kappa shape index (κ1) is 13.7. The van der Waals surface area contributed by atoms with Gasteiger partial charge in [-0.15, -0.1) is 0 Å². The second-order valence-corrected chi connectivity index (χ2v) is 5.36. The molecule has 0 atom stereocenters. The summed E-state index contributed by atoms with van der Waals surface area (Å²) in [7, 11) is 0. The first-order chi connectivity index (χ1) is 11.2. The summed E-state index contributed by atoms with van der Waals surface area (Å²) in [6.45, 7) is 0. The SMILES string of the molecule is O=c1oc2ccc(Cl)cc2cc1-c1nc(-c2ccccc2)no1. The average Bonchev–Trinajstić information content (AvgIpc) is 3.05.